The summed E-state index contributed by atoms with van der Waals surface area (Å²) in [6.07, 6.45) is 8.13. The van der Waals surface area contributed by atoms with E-state index >= 15 is 0 Å². The molecule has 2 fully saturated rings. The van der Waals surface area contributed by atoms with Gasteiger partial charge in [0, 0.05) is 11.5 Å². The molecule has 1 aromatic rings. The highest BCUT2D eigenvalue weighted by Gasteiger charge is 2.53. The molecule has 0 radical (unpaired) electrons. The zero-order valence-electron chi connectivity index (χ0n) is 13.4. The quantitative estimate of drug-likeness (QED) is 0.638. The van der Waals surface area contributed by atoms with E-state index in [0.29, 0.717) is 5.41 Å². The molecule has 0 aromatic heterocycles. The van der Waals surface area contributed by atoms with Crippen LogP contribution in [0.3, 0.4) is 0 Å². The summed E-state index contributed by atoms with van der Waals surface area (Å²) in [6, 6.07) is 5.42. The molecule has 1 saturated carbocycles. The molecule has 0 amide bonds. The Kier molecular flexibility index (Phi) is 4.66. The Labute approximate surface area is 152 Å². The Morgan fingerprint density at radius 3 is 2.86 bits per heavy atom. The summed E-state index contributed by atoms with van der Waals surface area (Å²) in [5, 5.41) is 0. The number of ether oxygens (including phenoxy) is 1. The smallest absolute Gasteiger partial charge is 0.133 e. The molecule has 0 spiro atoms. The summed E-state index contributed by atoms with van der Waals surface area (Å²) >= 11 is 3.68. The fourth-order valence-electron chi connectivity index (χ4n) is 5.36. The normalized spacial score (nSPS) is 33.4. The molecule has 2 bridgehead atoms. The van der Waals surface area contributed by atoms with Crippen LogP contribution in [-0.2, 0) is 11.8 Å². The molecule has 1 heterocycles. The lowest BCUT2D eigenvalue weighted by Gasteiger charge is -2.58. The van der Waals surface area contributed by atoms with Crippen LogP contribution < -0.4 is 4.74 Å². The molecule has 1 aliphatic heterocycles. The highest BCUT2D eigenvalue weighted by Crippen LogP contribution is 2.56. The van der Waals surface area contributed by atoms with Gasteiger partial charge in [-0.25, -0.2) is 0 Å². The van der Waals surface area contributed by atoms with E-state index in [4.69, 9.17) is 4.74 Å². The van der Waals surface area contributed by atoms with Crippen molar-refractivity contribution < 1.29 is 4.74 Å². The SMILES string of the molecule is Br.COc1cc2c(cc1Br)C[C@@H]1[C@@H]3CCCC[C@]23CCN1C. The van der Waals surface area contributed by atoms with Crippen molar-refractivity contribution in [1.82, 2.24) is 4.90 Å². The van der Waals surface area contributed by atoms with Crippen LogP contribution in [0.5, 0.6) is 5.75 Å². The van der Waals surface area contributed by atoms with Crippen LogP contribution in [0.1, 0.15) is 43.2 Å². The molecule has 2 aliphatic carbocycles. The van der Waals surface area contributed by atoms with Gasteiger partial charge in [0.15, 0.2) is 0 Å². The molecule has 4 heteroatoms. The molecular formula is C18H25Br2NO. The molecular weight excluding hydrogens is 406 g/mol. The van der Waals surface area contributed by atoms with Crippen LogP contribution in [0.15, 0.2) is 16.6 Å². The van der Waals surface area contributed by atoms with Crippen molar-refractivity contribution in [3.63, 3.8) is 0 Å². The summed E-state index contributed by atoms with van der Waals surface area (Å²) in [7, 11) is 4.11. The van der Waals surface area contributed by atoms with Gasteiger partial charge in [-0.3, -0.25) is 0 Å². The number of piperidine rings is 1. The van der Waals surface area contributed by atoms with Crippen molar-refractivity contribution in [2.45, 2.75) is 50.0 Å². The predicted molar refractivity (Wildman–Crippen MR) is 99.4 cm³/mol. The first-order valence-electron chi connectivity index (χ1n) is 8.23. The van der Waals surface area contributed by atoms with Crippen molar-refractivity contribution in [3.8, 4) is 5.75 Å². The number of rotatable bonds is 1. The van der Waals surface area contributed by atoms with Gasteiger partial charge in [-0.2, -0.15) is 0 Å². The topological polar surface area (TPSA) is 12.5 Å². The third-order valence-corrected chi connectivity index (χ3v) is 7.00. The Morgan fingerprint density at radius 1 is 1.27 bits per heavy atom. The van der Waals surface area contributed by atoms with Gasteiger partial charge in [-0.1, -0.05) is 12.8 Å². The van der Waals surface area contributed by atoms with E-state index in [2.05, 4.69) is 40.0 Å². The average molecular weight is 431 g/mol. The van der Waals surface area contributed by atoms with Crippen molar-refractivity contribution in [1.29, 1.82) is 0 Å². The number of hydrogen-bond donors (Lipinski definition) is 0. The number of fused-ring (bicyclic) bond motifs is 1. The maximum atomic E-state index is 5.59. The van der Waals surface area contributed by atoms with Crippen molar-refractivity contribution in [3.05, 3.63) is 27.7 Å². The van der Waals surface area contributed by atoms with E-state index in [9.17, 15) is 0 Å². The van der Waals surface area contributed by atoms with Crippen molar-refractivity contribution in [2.75, 3.05) is 20.7 Å². The van der Waals surface area contributed by atoms with Crippen LogP contribution >= 0.6 is 32.9 Å². The largest absolute Gasteiger partial charge is 0.496 e. The number of methoxy groups -OCH3 is 1. The van der Waals surface area contributed by atoms with Crippen molar-refractivity contribution >= 4 is 32.9 Å². The zero-order valence-corrected chi connectivity index (χ0v) is 16.7. The predicted octanol–water partition coefficient (Wildman–Crippen LogP) is 4.72. The maximum Gasteiger partial charge on any atom is 0.133 e. The molecule has 22 heavy (non-hydrogen) atoms. The van der Waals surface area contributed by atoms with Crippen LogP contribution in [-0.4, -0.2) is 31.6 Å². The van der Waals surface area contributed by atoms with Gasteiger partial charge < -0.3 is 9.64 Å². The van der Waals surface area contributed by atoms with E-state index in [0.717, 1.165) is 22.2 Å². The van der Waals surface area contributed by atoms with Gasteiger partial charge >= 0.3 is 0 Å². The molecule has 1 saturated heterocycles. The van der Waals surface area contributed by atoms with Crippen LogP contribution in [0.4, 0.5) is 0 Å². The summed E-state index contributed by atoms with van der Waals surface area (Å²) < 4.78 is 6.70. The van der Waals surface area contributed by atoms with Crippen molar-refractivity contribution in [2.24, 2.45) is 5.92 Å². The molecule has 0 N–H and O–H groups in total. The average Bonchev–Trinajstić information content (AvgIpc) is 2.50. The van der Waals surface area contributed by atoms with Gasteiger partial charge in [0.1, 0.15) is 5.75 Å². The van der Waals surface area contributed by atoms with Crippen LogP contribution in [0, 0.1) is 5.92 Å². The summed E-state index contributed by atoms with van der Waals surface area (Å²) in [4.78, 5) is 2.62. The van der Waals surface area contributed by atoms with E-state index in [1.54, 1.807) is 18.2 Å². The Morgan fingerprint density at radius 2 is 2.09 bits per heavy atom. The molecule has 2 nitrogen and oxygen atoms in total. The molecule has 3 atom stereocenters. The fourth-order valence-corrected chi connectivity index (χ4v) is 5.91. The third-order valence-electron chi connectivity index (χ3n) is 6.38. The molecule has 1 aromatic carbocycles. The monoisotopic (exact) mass is 429 g/mol. The number of likely N-dealkylation sites (tertiary alicyclic amines) is 1. The second-order valence-electron chi connectivity index (χ2n) is 7.15. The summed E-state index contributed by atoms with van der Waals surface area (Å²) in [6.45, 7) is 1.25. The summed E-state index contributed by atoms with van der Waals surface area (Å²) in [5.41, 5.74) is 3.59. The van der Waals surface area contributed by atoms with E-state index in [1.807, 2.05) is 0 Å². The zero-order chi connectivity index (χ0) is 14.6. The fraction of sp³-hybridized carbons (Fsp3) is 0.667. The first-order chi connectivity index (χ1) is 10.2. The summed E-state index contributed by atoms with van der Waals surface area (Å²) in [5.74, 6) is 1.85. The van der Waals surface area contributed by atoms with Gasteiger partial charge in [0.2, 0.25) is 0 Å². The lowest BCUT2D eigenvalue weighted by Crippen LogP contribution is -2.59. The number of likely N-dealkylation sites (N-methyl/N-ethyl adjacent to an activating group) is 1. The minimum absolute atomic E-state index is 0. The Balaban J connectivity index is 0.00000144. The van der Waals surface area contributed by atoms with Crippen LogP contribution in [0.25, 0.3) is 0 Å². The van der Waals surface area contributed by atoms with Gasteiger partial charge in [0.25, 0.3) is 0 Å². The second-order valence-corrected chi connectivity index (χ2v) is 8.01. The van der Waals surface area contributed by atoms with E-state index in [1.165, 1.54) is 45.1 Å². The molecule has 0 unspecified atom stereocenters. The maximum absolute atomic E-state index is 5.59. The van der Waals surface area contributed by atoms with E-state index in [-0.39, 0.29) is 17.0 Å². The van der Waals surface area contributed by atoms with E-state index < -0.39 is 0 Å². The minimum atomic E-state index is 0. The standard InChI is InChI=1S/C18H24BrNO.BrH/c1-20-8-7-18-6-4-3-5-13(18)16(20)10-12-9-15(19)17(21-2)11-14(12)18;/h9,11,13,16H,3-8,10H2,1-2H3;1H/t13-,16+,18+;/m0./s1. The van der Waals surface area contributed by atoms with Crippen LogP contribution in [0.2, 0.25) is 0 Å². The second kappa shape index (κ2) is 6.10. The Bertz CT molecular complexity index is 576. The molecule has 3 aliphatic rings. The molecule has 4 rings (SSSR count). The third kappa shape index (κ3) is 2.29. The number of hydrogen-bond acceptors (Lipinski definition) is 2. The number of nitrogens with zero attached hydrogens (tertiary/aromatic N) is 1. The molecule has 122 valence electrons. The highest BCUT2D eigenvalue weighted by atomic mass is 79.9. The van der Waals surface area contributed by atoms with Gasteiger partial charge in [-0.15, -0.1) is 17.0 Å². The number of benzene rings is 1. The minimum Gasteiger partial charge on any atom is -0.496 e. The van der Waals surface area contributed by atoms with Gasteiger partial charge in [0.05, 0.1) is 11.6 Å². The number of halogens is 2. The van der Waals surface area contributed by atoms with Gasteiger partial charge in [-0.05, 0) is 84.4 Å². The highest BCUT2D eigenvalue weighted by molar-refractivity contribution is 9.10. The first kappa shape index (κ1) is 16.8. The Hall–Kier alpha value is -0.0600. The lowest BCUT2D eigenvalue weighted by molar-refractivity contribution is 0.00271. The lowest BCUT2D eigenvalue weighted by atomic mass is 9.52. The first-order valence-corrected chi connectivity index (χ1v) is 9.02.